The predicted molar refractivity (Wildman–Crippen MR) is 160 cm³/mol. The number of aliphatic hydroxyl groups excluding tert-OH is 1. The van der Waals surface area contributed by atoms with E-state index in [4.69, 9.17) is 19.9 Å². The van der Waals surface area contributed by atoms with Crippen LogP contribution in [-0.2, 0) is 25.4 Å². The smallest absolute Gasteiger partial charge is 0.405 e. The summed E-state index contributed by atoms with van der Waals surface area (Å²) in [4.78, 5) is 24.7. The van der Waals surface area contributed by atoms with E-state index in [0.717, 1.165) is 0 Å². The number of ether oxygens (including phenoxy) is 3. The number of allylic oxidation sites excluding steroid dienone is 2. The molecule has 2 amide bonds. The van der Waals surface area contributed by atoms with Gasteiger partial charge in [-0.15, -0.1) is 0 Å². The maximum atomic E-state index is 13.0. The van der Waals surface area contributed by atoms with Crippen LogP contribution in [0.25, 0.3) is 0 Å². The molecule has 0 radical (unpaired) electrons. The van der Waals surface area contributed by atoms with Gasteiger partial charge in [0.15, 0.2) is 17.5 Å². The van der Waals surface area contributed by atoms with Crippen LogP contribution in [0.4, 0.5) is 16.2 Å². The number of amides is 2. The summed E-state index contributed by atoms with van der Waals surface area (Å²) in [6.45, 7) is 11.3. The summed E-state index contributed by atoms with van der Waals surface area (Å²) in [5, 5.41) is 37.8. The number of rotatable bonds is 6. The molecule has 1 aliphatic rings. The molecule has 0 spiro atoms. The maximum absolute atomic E-state index is 13.0. The van der Waals surface area contributed by atoms with Gasteiger partial charge < -0.3 is 45.9 Å². The van der Waals surface area contributed by atoms with Gasteiger partial charge in [0.1, 0.15) is 11.9 Å². The Morgan fingerprint density at radius 1 is 1.24 bits per heavy atom. The number of aromatic hydroxyl groups is 2. The SMILES string of the molecule is C=CC[NH2+]c1c(O)cc2c(O)c1C[C@@H](C)C[C@H](OC)[C@H](O)[C@@H](C)/C=C(\C)[C@H](OC(N)=O)[C@@H](OC)/C=C\C=C(/C)C(=O)N2. The number of quaternary nitrogens is 1. The number of methoxy groups -OCH3 is 2. The number of carbonyl (C=O) groups is 2. The lowest BCUT2D eigenvalue weighted by atomic mass is 9.87. The standard InChI is InChI=1S/C31H45N3O8/c1-8-12-33-26-21-13-17(2)14-25(41-7)27(36)19(4)15-20(5)29(42-31(32)39)24(40-6)11-9-10-18(3)30(38)34-22(28(21)37)16-23(26)35/h8-11,15-17,19,24-25,27,29,33,35-37H,1,12-14H2,2-7H3,(H2,32,39)(H,34,38)/p+1/b11-9-,18-10+,20-15+/t17-,19+,24+,25+,27-,29+/m1/s1. The van der Waals surface area contributed by atoms with Crippen molar-refractivity contribution in [2.75, 3.05) is 26.1 Å². The number of anilines is 1. The normalized spacial score (nSPS) is 29.4. The minimum atomic E-state index is -0.987. The summed E-state index contributed by atoms with van der Waals surface area (Å²) in [5.74, 6) is -1.28. The molecule has 11 heteroatoms. The summed E-state index contributed by atoms with van der Waals surface area (Å²) >= 11 is 0. The number of nitrogens with one attached hydrogen (secondary N) is 1. The van der Waals surface area contributed by atoms with E-state index in [2.05, 4.69) is 11.9 Å². The summed E-state index contributed by atoms with van der Waals surface area (Å²) in [7, 11) is 2.96. The lowest BCUT2D eigenvalue weighted by molar-refractivity contribution is -0.562. The first-order chi connectivity index (χ1) is 19.8. The van der Waals surface area contributed by atoms with Gasteiger partial charge in [0.2, 0.25) is 0 Å². The second-order valence-electron chi connectivity index (χ2n) is 10.7. The van der Waals surface area contributed by atoms with Crippen LogP contribution >= 0.6 is 0 Å². The van der Waals surface area contributed by atoms with Crippen LogP contribution in [0, 0.1) is 11.8 Å². The molecule has 1 heterocycles. The van der Waals surface area contributed by atoms with Crippen molar-refractivity contribution in [3.8, 4) is 11.5 Å². The largest absolute Gasteiger partial charge is 0.505 e. The zero-order valence-corrected chi connectivity index (χ0v) is 25.3. The number of nitrogens with two attached hydrogens (primary N) is 2. The number of phenolic OH excluding ortho intramolecular Hbond substituents is 2. The van der Waals surface area contributed by atoms with E-state index < -0.39 is 42.3 Å². The number of benzene rings is 1. The Morgan fingerprint density at radius 3 is 2.52 bits per heavy atom. The monoisotopic (exact) mass is 588 g/mol. The highest BCUT2D eigenvalue weighted by Gasteiger charge is 2.30. The van der Waals surface area contributed by atoms with Crippen LogP contribution in [0.5, 0.6) is 11.5 Å². The third-order valence-corrected chi connectivity index (χ3v) is 7.36. The quantitative estimate of drug-likeness (QED) is 0.127. The van der Waals surface area contributed by atoms with E-state index in [1.165, 1.54) is 26.4 Å². The summed E-state index contributed by atoms with van der Waals surface area (Å²) in [6, 6.07) is 1.31. The predicted octanol–water partition coefficient (Wildman–Crippen LogP) is 2.94. The molecule has 1 aromatic rings. The number of carbonyl (C=O) groups excluding carboxylic acids is 2. The highest BCUT2D eigenvalue weighted by molar-refractivity contribution is 6.04. The lowest BCUT2D eigenvalue weighted by Gasteiger charge is -2.29. The zero-order chi connectivity index (χ0) is 31.6. The van der Waals surface area contributed by atoms with Gasteiger partial charge in [0, 0.05) is 31.8 Å². The van der Waals surface area contributed by atoms with Crippen LogP contribution in [0.15, 0.2) is 54.2 Å². The van der Waals surface area contributed by atoms with Crippen molar-refractivity contribution in [2.24, 2.45) is 17.6 Å². The summed E-state index contributed by atoms with van der Waals surface area (Å²) in [6.07, 6.45) is 4.79. The molecule has 2 bridgehead atoms. The fourth-order valence-electron chi connectivity index (χ4n) is 5.06. The molecule has 1 aliphatic heterocycles. The molecule has 0 saturated carbocycles. The first-order valence-electron chi connectivity index (χ1n) is 13.9. The molecule has 0 aliphatic carbocycles. The Hall–Kier alpha value is -3.64. The first-order valence-corrected chi connectivity index (χ1v) is 13.9. The van der Waals surface area contributed by atoms with Gasteiger partial charge in [-0.3, -0.25) is 4.79 Å². The molecule has 0 saturated heterocycles. The molecule has 2 rings (SSSR count). The van der Waals surface area contributed by atoms with Gasteiger partial charge in [-0.1, -0.05) is 44.7 Å². The average molecular weight is 589 g/mol. The average Bonchev–Trinajstić information content (AvgIpc) is 2.94. The van der Waals surface area contributed by atoms with Crippen molar-refractivity contribution in [3.05, 3.63) is 59.7 Å². The summed E-state index contributed by atoms with van der Waals surface area (Å²) in [5.41, 5.74) is 7.23. The maximum Gasteiger partial charge on any atom is 0.405 e. The van der Waals surface area contributed by atoms with Crippen molar-refractivity contribution in [2.45, 2.75) is 65.0 Å². The highest BCUT2D eigenvalue weighted by Crippen LogP contribution is 2.40. The molecule has 8 N–H and O–H groups in total. The highest BCUT2D eigenvalue weighted by atomic mass is 16.6. The van der Waals surface area contributed by atoms with E-state index in [9.17, 15) is 24.9 Å². The number of aliphatic hydroxyl groups is 1. The van der Waals surface area contributed by atoms with E-state index in [0.29, 0.717) is 41.8 Å². The molecule has 0 aromatic heterocycles. The van der Waals surface area contributed by atoms with E-state index in [-0.39, 0.29) is 23.1 Å². The number of phenols is 2. The Balaban J connectivity index is 2.67. The molecule has 11 nitrogen and oxygen atoms in total. The Morgan fingerprint density at radius 2 is 1.93 bits per heavy atom. The number of fused-ring (bicyclic) bond motifs is 2. The third-order valence-electron chi connectivity index (χ3n) is 7.36. The van der Waals surface area contributed by atoms with Gasteiger partial charge >= 0.3 is 6.09 Å². The third kappa shape index (κ3) is 9.18. The molecule has 42 heavy (non-hydrogen) atoms. The van der Waals surface area contributed by atoms with Gasteiger partial charge in [0.05, 0.1) is 30.0 Å². The number of hydrogen-bond acceptors (Lipinski definition) is 8. The molecule has 0 fully saturated rings. The molecular formula is C31H46N3O8+. The Kier molecular flexibility index (Phi) is 13.3. The van der Waals surface area contributed by atoms with Gasteiger partial charge in [0.25, 0.3) is 5.91 Å². The van der Waals surface area contributed by atoms with Crippen molar-refractivity contribution in [3.63, 3.8) is 0 Å². The Labute approximate surface area is 247 Å². The van der Waals surface area contributed by atoms with E-state index >= 15 is 0 Å². The molecule has 0 unspecified atom stereocenters. The molecule has 6 atom stereocenters. The van der Waals surface area contributed by atoms with Crippen LogP contribution in [0.3, 0.4) is 0 Å². The number of primary amides is 1. The van der Waals surface area contributed by atoms with Crippen LogP contribution < -0.4 is 16.4 Å². The second kappa shape index (κ2) is 16.1. The van der Waals surface area contributed by atoms with Crippen LogP contribution in [0.1, 0.15) is 39.7 Å². The van der Waals surface area contributed by atoms with Crippen LogP contribution in [-0.4, -0.2) is 72.5 Å². The minimum absolute atomic E-state index is 0.0616. The molecule has 1 aromatic carbocycles. The van der Waals surface area contributed by atoms with Crippen molar-refractivity contribution in [1.29, 1.82) is 0 Å². The minimum Gasteiger partial charge on any atom is -0.505 e. The zero-order valence-electron chi connectivity index (χ0n) is 25.3. The molecule has 232 valence electrons. The number of hydrogen-bond donors (Lipinski definition) is 6. The van der Waals surface area contributed by atoms with Crippen molar-refractivity contribution < 1.29 is 44.4 Å². The van der Waals surface area contributed by atoms with Gasteiger partial charge in [-0.2, -0.15) is 0 Å². The van der Waals surface area contributed by atoms with Gasteiger partial charge in [-0.05, 0) is 44.3 Å². The van der Waals surface area contributed by atoms with Crippen molar-refractivity contribution >= 4 is 23.4 Å². The fraction of sp³-hybridized carbons (Fsp3) is 0.484. The summed E-state index contributed by atoms with van der Waals surface area (Å²) < 4.78 is 16.6. The van der Waals surface area contributed by atoms with Gasteiger partial charge in [-0.25, -0.2) is 4.79 Å². The topological polar surface area (TPSA) is 177 Å². The van der Waals surface area contributed by atoms with E-state index in [1.807, 2.05) is 13.8 Å². The lowest BCUT2D eigenvalue weighted by Crippen LogP contribution is -2.78. The molecular weight excluding hydrogens is 542 g/mol. The second-order valence-corrected chi connectivity index (χ2v) is 10.7. The van der Waals surface area contributed by atoms with E-state index in [1.54, 1.807) is 43.5 Å². The van der Waals surface area contributed by atoms with Crippen molar-refractivity contribution in [1.82, 2.24) is 0 Å². The fourth-order valence-corrected chi connectivity index (χ4v) is 5.06. The Bertz CT molecular complexity index is 1210. The first kappa shape index (κ1) is 34.6. The van der Waals surface area contributed by atoms with Crippen LogP contribution in [0.2, 0.25) is 0 Å².